The number of likely N-dealkylation sites (N-methyl/N-ethyl adjacent to an activating group) is 1. The number of carbonyl (C=O) groups excluding carboxylic acids is 2. The second kappa shape index (κ2) is 5.53. The lowest BCUT2D eigenvalue weighted by atomic mass is 10.3. The van der Waals surface area contributed by atoms with Crippen LogP contribution in [0, 0.1) is 0 Å². The van der Waals surface area contributed by atoms with Gasteiger partial charge in [0.05, 0.1) is 0 Å². The largest absolute Gasteiger partial charge is 0.484 e. The smallest absolute Gasteiger partial charge is 0.257 e. The predicted molar refractivity (Wildman–Crippen MR) is 67.6 cm³/mol. The summed E-state index contributed by atoms with van der Waals surface area (Å²) < 4.78 is 5.29. The molecule has 5 nitrogen and oxygen atoms in total. The van der Waals surface area contributed by atoms with Gasteiger partial charge in [0, 0.05) is 25.7 Å². The first kappa shape index (κ1) is 12.4. The highest BCUT2D eigenvalue weighted by molar-refractivity contribution is 5.95. The molecule has 0 aliphatic carbocycles. The maximum Gasteiger partial charge on any atom is 0.257 e. The molecule has 1 aliphatic rings. The Hall–Kier alpha value is -2.04. The topological polar surface area (TPSA) is 58.6 Å². The molecule has 0 unspecified atom stereocenters. The lowest BCUT2D eigenvalue weighted by Crippen LogP contribution is -2.25. The van der Waals surface area contributed by atoms with E-state index in [0.29, 0.717) is 12.2 Å². The van der Waals surface area contributed by atoms with E-state index in [1.165, 1.54) is 0 Å². The SMILES string of the molecule is CNC(=O)COc1ccc(N2CCCC2=O)cc1. The van der Waals surface area contributed by atoms with Gasteiger partial charge in [-0.1, -0.05) is 0 Å². The molecule has 0 bridgehead atoms. The van der Waals surface area contributed by atoms with Crippen molar-refractivity contribution >= 4 is 17.5 Å². The van der Waals surface area contributed by atoms with Crippen LogP contribution in [0.2, 0.25) is 0 Å². The highest BCUT2D eigenvalue weighted by atomic mass is 16.5. The summed E-state index contributed by atoms with van der Waals surface area (Å²) >= 11 is 0. The Morgan fingerprint density at radius 1 is 1.39 bits per heavy atom. The van der Waals surface area contributed by atoms with Crippen LogP contribution in [0.25, 0.3) is 0 Å². The van der Waals surface area contributed by atoms with Crippen LogP contribution in [0.4, 0.5) is 5.69 Å². The first-order valence-corrected chi connectivity index (χ1v) is 5.94. The lowest BCUT2D eigenvalue weighted by Gasteiger charge is -2.15. The number of ether oxygens (including phenoxy) is 1. The molecular weight excluding hydrogens is 232 g/mol. The third-order valence-corrected chi connectivity index (χ3v) is 2.87. The summed E-state index contributed by atoms with van der Waals surface area (Å²) in [6.07, 6.45) is 1.53. The summed E-state index contributed by atoms with van der Waals surface area (Å²) in [7, 11) is 1.56. The van der Waals surface area contributed by atoms with Crippen molar-refractivity contribution in [1.82, 2.24) is 5.32 Å². The van der Waals surface area contributed by atoms with Gasteiger partial charge in [-0.2, -0.15) is 0 Å². The molecule has 0 radical (unpaired) electrons. The summed E-state index contributed by atoms with van der Waals surface area (Å²) in [4.78, 5) is 24.3. The summed E-state index contributed by atoms with van der Waals surface area (Å²) in [6.45, 7) is 0.774. The van der Waals surface area contributed by atoms with Crippen molar-refractivity contribution in [2.24, 2.45) is 0 Å². The first-order chi connectivity index (χ1) is 8.70. The van der Waals surface area contributed by atoms with Crippen LogP contribution in [0.3, 0.4) is 0 Å². The minimum atomic E-state index is -0.172. The lowest BCUT2D eigenvalue weighted by molar-refractivity contribution is -0.122. The number of nitrogens with zero attached hydrogens (tertiary/aromatic N) is 1. The molecule has 96 valence electrons. The Balaban J connectivity index is 1.97. The van der Waals surface area contributed by atoms with E-state index < -0.39 is 0 Å². The highest BCUT2D eigenvalue weighted by Gasteiger charge is 2.21. The van der Waals surface area contributed by atoms with Crippen LogP contribution in [0.15, 0.2) is 24.3 Å². The van der Waals surface area contributed by atoms with Gasteiger partial charge < -0.3 is 15.0 Å². The van der Waals surface area contributed by atoms with Crippen LogP contribution in [-0.4, -0.2) is 32.0 Å². The molecule has 1 aliphatic heterocycles. The van der Waals surface area contributed by atoms with E-state index in [-0.39, 0.29) is 18.4 Å². The van der Waals surface area contributed by atoms with Crippen LogP contribution in [0.1, 0.15) is 12.8 Å². The Morgan fingerprint density at radius 3 is 2.67 bits per heavy atom. The average Bonchev–Trinajstić information content (AvgIpc) is 2.83. The zero-order chi connectivity index (χ0) is 13.0. The number of hydrogen-bond acceptors (Lipinski definition) is 3. The van der Waals surface area contributed by atoms with Gasteiger partial charge in [-0.15, -0.1) is 0 Å². The molecule has 1 aromatic rings. The van der Waals surface area contributed by atoms with E-state index in [9.17, 15) is 9.59 Å². The molecule has 1 N–H and O–H groups in total. The fourth-order valence-electron chi connectivity index (χ4n) is 1.86. The molecule has 1 aromatic carbocycles. The van der Waals surface area contributed by atoms with Gasteiger partial charge in [0.2, 0.25) is 5.91 Å². The molecule has 2 amide bonds. The number of benzene rings is 1. The standard InChI is InChI=1S/C13H16N2O3/c1-14-12(16)9-18-11-6-4-10(5-7-11)15-8-2-3-13(15)17/h4-7H,2-3,8-9H2,1H3,(H,14,16). The normalized spacial score (nSPS) is 14.7. The average molecular weight is 248 g/mol. The Labute approximate surface area is 106 Å². The molecule has 1 saturated heterocycles. The van der Waals surface area contributed by atoms with Crippen molar-refractivity contribution in [2.75, 3.05) is 25.1 Å². The minimum Gasteiger partial charge on any atom is -0.484 e. The van der Waals surface area contributed by atoms with E-state index in [4.69, 9.17) is 4.74 Å². The van der Waals surface area contributed by atoms with Crippen LogP contribution >= 0.6 is 0 Å². The van der Waals surface area contributed by atoms with Crippen molar-refractivity contribution < 1.29 is 14.3 Å². The van der Waals surface area contributed by atoms with E-state index in [1.54, 1.807) is 24.1 Å². The molecule has 1 fully saturated rings. The van der Waals surface area contributed by atoms with E-state index >= 15 is 0 Å². The van der Waals surface area contributed by atoms with Crippen LogP contribution in [0.5, 0.6) is 5.75 Å². The van der Waals surface area contributed by atoms with Gasteiger partial charge in [0.25, 0.3) is 5.91 Å². The van der Waals surface area contributed by atoms with E-state index in [2.05, 4.69) is 5.32 Å². The quantitative estimate of drug-likeness (QED) is 0.862. The number of anilines is 1. The molecule has 0 atom stereocenters. The molecule has 2 rings (SSSR count). The van der Waals surface area contributed by atoms with Gasteiger partial charge in [-0.05, 0) is 30.7 Å². The first-order valence-electron chi connectivity index (χ1n) is 5.94. The molecule has 1 heterocycles. The van der Waals surface area contributed by atoms with Crippen LogP contribution < -0.4 is 15.0 Å². The highest BCUT2D eigenvalue weighted by Crippen LogP contribution is 2.23. The maximum atomic E-state index is 11.6. The zero-order valence-corrected chi connectivity index (χ0v) is 10.3. The second-order valence-electron chi connectivity index (χ2n) is 4.10. The molecule has 18 heavy (non-hydrogen) atoms. The van der Waals surface area contributed by atoms with Crippen LogP contribution in [-0.2, 0) is 9.59 Å². The fraction of sp³-hybridized carbons (Fsp3) is 0.385. The maximum absolute atomic E-state index is 11.6. The number of amides is 2. The van der Waals surface area contributed by atoms with Crippen molar-refractivity contribution in [3.8, 4) is 5.75 Å². The molecule has 5 heteroatoms. The molecular formula is C13H16N2O3. The van der Waals surface area contributed by atoms with Crippen molar-refractivity contribution in [2.45, 2.75) is 12.8 Å². The Morgan fingerprint density at radius 2 is 2.11 bits per heavy atom. The van der Waals surface area contributed by atoms with E-state index in [0.717, 1.165) is 18.7 Å². The number of carbonyl (C=O) groups is 2. The second-order valence-corrected chi connectivity index (χ2v) is 4.10. The fourth-order valence-corrected chi connectivity index (χ4v) is 1.86. The minimum absolute atomic E-state index is 0.00150. The summed E-state index contributed by atoms with van der Waals surface area (Å²) in [6, 6.07) is 7.21. The molecule has 0 aromatic heterocycles. The monoisotopic (exact) mass is 248 g/mol. The third-order valence-electron chi connectivity index (χ3n) is 2.87. The van der Waals surface area contributed by atoms with Gasteiger partial charge in [0.1, 0.15) is 5.75 Å². The van der Waals surface area contributed by atoms with Gasteiger partial charge in [-0.25, -0.2) is 0 Å². The molecule has 0 spiro atoms. The van der Waals surface area contributed by atoms with Crippen molar-refractivity contribution in [1.29, 1.82) is 0 Å². The number of rotatable bonds is 4. The Kier molecular flexibility index (Phi) is 3.82. The number of nitrogens with one attached hydrogen (secondary N) is 1. The van der Waals surface area contributed by atoms with Gasteiger partial charge in [0.15, 0.2) is 6.61 Å². The van der Waals surface area contributed by atoms with Gasteiger partial charge in [-0.3, -0.25) is 9.59 Å². The Bertz CT molecular complexity index is 442. The molecule has 0 saturated carbocycles. The van der Waals surface area contributed by atoms with Crippen molar-refractivity contribution in [3.05, 3.63) is 24.3 Å². The van der Waals surface area contributed by atoms with Crippen molar-refractivity contribution in [3.63, 3.8) is 0 Å². The van der Waals surface area contributed by atoms with E-state index in [1.807, 2.05) is 12.1 Å². The summed E-state index contributed by atoms with van der Waals surface area (Å²) in [5.74, 6) is 0.608. The predicted octanol–water partition coefficient (Wildman–Crippen LogP) is 0.938. The summed E-state index contributed by atoms with van der Waals surface area (Å²) in [5.41, 5.74) is 0.879. The van der Waals surface area contributed by atoms with Gasteiger partial charge >= 0.3 is 0 Å². The third kappa shape index (κ3) is 2.80. The zero-order valence-electron chi connectivity index (χ0n) is 10.3. The summed E-state index contributed by atoms with van der Waals surface area (Å²) in [5, 5.41) is 2.48. The number of hydrogen-bond donors (Lipinski definition) is 1.